The monoisotopic (exact) mass is 471 g/mol. The van der Waals surface area contributed by atoms with Crippen molar-refractivity contribution < 1.29 is 4.79 Å². The third-order valence-electron chi connectivity index (χ3n) is 5.73. The zero-order valence-electron chi connectivity index (χ0n) is 19.0. The molecule has 5 rings (SSSR count). The first kappa shape index (κ1) is 21.8. The van der Waals surface area contributed by atoms with Crippen molar-refractivity contribution in [1.29, 1.82) is 0 Å². The molecule has 5 aromatic rings. The molecule has 0 unspecified atom stereocenters. The number of aryl methyl sites for hydroxylation is 2. The number of anilines is 1. The zero-order chi connectivity index (χ0) is 23.8. The van der Waals surface area contributed by atoms with Gasteiger partial charge in [-0.05, 0) is 55.7 Å². The Morgan fingerprint density at radius 1 is 1.03 bits per heavy atom. The smallest absolute Gasteiger partial charge is 0.229 e. The summed E-state index contributed by atoms with van der Waals surface area (Å²) in [7, 11) is 0. The number of hydrogen-bond acceptors (Lipinski definition) is 5. The molecule has 8 nitrogen and oxygen atoms in total. The molecule has 170 valence electrons. The van der Waals surface area contributed by atoms with Gasteiger partial charge in [0.15, 0.2) is 11.5 Å². The van der Waals surface area contributed by atoms with E-state index >= 15 is 0 Å². The van der Waals surface area contributed by atoms with Crippen LogP contribution in [0.1, 0.15) is 22.4 Å². The standard InChI is InChI=1S/C25H22ClN7O/c1-15-5-4-6-21(17(15)3)32-24-20(13-29-32)25(28-14-27-24)33-22(11-16(2)31-33)30-23(34)12-18-7-9-19(26)10-8-18/h4-11,13-14H,12H2,1-3H3,(H,30,34). The number of hydrogen-bond donors (Lipinski definition) is 1. The van der Waals surface area contributed by atoms with Crippen LogP contribution in [0.15, 0.2) is 61.1 Å². The van der Waals surface area contributed by atoms with Crippen LogP contribution in [0, 0.1) is 20.8 Å². The molecular weight excluding hydrogens is 450 g/mol. The number of carbonyl (C=O) groups is 1. The summed E-state index contributed by atoms with van der Waals surface area (Å²) in [5, 5.41) is 13.5. The number of fused-ring (bicyclic) bond motifs is 1. The summed E-state index contributed by atoms with van der Waals surface area (Å²) in [6.07, 6.45) is 3.42. The Labute approximate surface area is 201 Å². The van der Waals surface area contributed by atoms with Gasteiger partial charge in [-0.3, -0.25) is 4.79 Å². The van der Waals surface area contributed by atoms with Crippen molar-refractivity contribution in [3.63, 3.8) is 0 Å². The number of carbonyl (C=O) groups excluding carboxylic acids is 1. The van der Waals surface area contributed by atoms with E-state index in [2.05, 4.69) is 45.4 Å². The van der Waals surface area contributed by atoms with Crippen molar-refractivity contribution in [1.82, 2.24) is 29.5 Å². The van der Waals surface area contributed by atoms with Crippen molar-refractivity contribution >= 4 is 34.4 Å². The van der Waals surface area contributed by atoms with Crippen molar-refractivity contribution in [2.24, 2.45) is 0 Å². The fourth-order valence-corrected chi connectivity index (χ4v) is 3.99. The highest BCUT2D eigenvalue weighted by Crippen LogP contribution is 2.26. The molecule has 0 saturated heterocycles. The van der Waals surface area contributed by atoms with E-state index in [0.717, 1.165) is 27.9 Å². The van der Waals surface area contributed by atoms with E-state index in [1.807, 2.05) is 37.3 Å². The molecule has 0 aliphatic carbocycles. The zero-order valence-corrected chi connectivity index (χ0v) is 19.7. The van der Waals surface area contributed by atoms with Gasteiger partial charge in [0.25, 0.3) is 0 Å². The lowest BCUT2D eigenvalue weighted by Gasteiger charge is -2.11. The van der Waals surface area contributed by atoms with Crippen LogP contribution < -0.4 is 5.32 Å². The van der Waals surface area contributed by atoms with Gasteiger partial charge in [0, 0.05) is 11.1 Å². The lowest BCUT2D eigenvalue weighted by molar-refractivity contribution is -0.115. The molecule has 1 N–H and O–H groups in total. The maximum Gasteiger partial charge on any atom is 0.229 e. The molecule has 3 aromatic heterocycles. The molecule has 9 heteroatoms. The average molecular weight is 472 g/mol. The molecule has 0 atom stereocenters. The van der Waals surface area contributed by atoms with Crippen molar-refractivity contribution in [3.8, 4) is 11.5 Å². The minimum Gasteiger partial charge on any atom is -0.310 e. The van der Waals surface area contributed by atoms with Crippen LogP contribution in [0.3, 0.4) is 0 Å². The highest BCUT2D eigenvalue weighted by molar-refractivity contribution is 6.30. The van der Waals surface area contributed by atoms with Gasteiger partial charge in [0.2, 0.25) is 5.91 Å². The van der Waals surface area contributed by atoms with E-state index in [9.17, 15) is 4.79 Å². The second-order valence-corrected chi connectivity index (χ2v) is 8.58. The number of benzene rings is 2. The summed E-state index contributed by atoms with van der Waals surface area (Å²) in [6, 6.07) is 15.1. The van der Waals surface area contributed by atoms with E-state index in [1.54, 1.807) is 27.7 Å². The van der Waals surface area contributed by atoms with E-state index in [-0.39, 0.29) is 12.3 Å². The summed E-state index contributed by atoms with van der Waals surface area (Å²) in [5.41, 5.74) is 5.51. The number of nitrogens with one attached hydrogen (secondary N) is 1. The summed E-state index contributed by atoms with van der Waals surface area (Å²) in [5.74, 6) is 0.896. The van der Waals surface area contributed by atoms with Crippen LogP contribution in [0.2, 0.25) is 5.02 Å². The maximum absolute atomic E-state index is 12.7. The van der Waals surface area contributed by atoms with Gasteiger partial charge >= 0.3 is 0 Å². The predicted molar refractivity (Wildman–Crippen MR) is 132 cm³/mol. The Kier molecular flexibility index (Phi) is 5.59. The molecule has 0 bridgehead atoms. The molecule has 0 spiro atoms. The molecule has 0 aliphatic heterocycles. The predicted octanol–water partition coefficient (Wildman–Crippen LogP) is 4.76. The third-order valence-corrected chi connectivity index (χ3v) is 5.98. The van der Waals surface area contributed by atoms with E-state index in [0.29, 0.717) is 22.3 Å². The van der Waals surface area contributed by atoms with Crippen LogP contribution in [0.4, 0.5) is 5.82 Å². The molecule has 2 aromatic carbocycles. The Morgan fingerprint density at radius 3 is 2.62 bits per heavy atom. The number of nitrogens with zero attached hydrogens (tertiary/aromatic N) is 6. The minimum absolute atomic E-state index is 0.167. The first-order valence-corrected chi connectivity index (χ1v) is 11.1. The van der Waals surface area contributed by atoms with Crippen LogP contribution >= 0.6 is 11.6 Å². The Balaban J connectivity index is 1.51. The second kappa shape index (κ2) is 8.72. The fourth-order valence-electron chi connectivity index (χ4n) is 3.87. The number of rotatable bonds is 5. The summed E-state index contributed by atoms with van der Waals surface area (Å²) < 4.78 is 3.42. The van der Waals surface area contributed by atoms with Crippen molar-refractivity contribution in [2.45, 2.75) is 27.2 Å². The highest BCUT2D eigenvalue weighted by Gasteiger charge is 2.18. The molecule has 0 aliphatic rings. The molecule has 1 amide bonds. The van der Waals surface area contributed by atoms with E-state index < -0.39 is 0 Å². The molecular formula is C25H22ClN7O. The number of aromatic nitrogens is 6. The van der Waals surface area contributed by atoms with Crippen molar-refractivity contribution in [3.05, 3.63) is 88.5 Å². The van der Waals surface area contributed by atoms with Gasteiger partial charge in [-0.2, -0.15) is 14.9 Å². The Morgan fingerprint density at radius 2 is 1.82 bits per heavy atom. The Bertz CT molecular complexity index is 1520. The van der Waals surface area contributed by atoms with Gasteiger partial charge in [-0.15, -0.1) is 0 Å². The normalized spacial score (nSPS) is 11.2. The molecule has 0 fully saturated rings. The molecule has 0 saturated carbocycles. The maximum atomic E-state index is 12.7. The lowest BCUT2D eigenvalue weighted by Crippen LogP contribution is -2.17. The molecule has 34 heavy (non-hydrogen) atoms. The Hall–Kier alpha value is -4.04. The third kappa shape index (κ3) is 4.04. The average Bonchev–Trinajstić information content (AvgIpc) is 3.40. The van der Waals surface area contributed by atoms with Crippen LogP contribution in [-0.2, 0) is 11.2 Å². The van der Waals surface area contributed by atoms with Gasteiger partial charge in [0.1, 0.15) is 12.1 Å². The molecule has 3 heterocycles. The SMILES string of the molecule is Cc1cc(NC(=O)Cc2ccc(Cl)cc2)n(-c2ncnc3c2cnn3-c2cccc(C)c2C)n1. The van der Waals surface area contributed by atoms with Gasteiger partial charge in [-0.1, -0.05) is 35.9 Å². The topological polar surface area (TPSA) is 90.5 Å². The first-order chi connectivity index (χ1) is 16.4. The quantitative estimate of drug-likeness (QED) is 0.399. The van der Waals surface area contributed by atoms with E-state index in [4.69, 9.17) is 11.6 Å². The van der Waals surface area contributed by atoms with Gasteiger partial charge in [-0.25, -0.2) is 14.6 Å². The number of amides is 1. The summed E-state index contributed by atoms with van der Waals surface area (Å²) in [6.45, 7) is 5.99. The minimum atomic E-state index is -0.167. The van der Waals surface area contributed by atoms with Gasteiger partial charge in [0.05, 0.1) is 29.4 Å². The van der Waals surface area contributed by atoms with Crippen LogP contribution in [0.25, 0.3) is 22.5 Å². The first-order valence-electron chi connectivity index (χ1n) is 10.8. The van der Waals surface area contributed by atoms with Gasteiger partial charge < -0.3 is 5.32 Å². The van der Waals surface area contributed by atoms with Crippen molar-refractivity contribution in [2.75, 3.05) is 5.32 Å². The fraction of sp³-hybridized carbons (Fsp3) is 0.160. The van der Waals surface area contributed by atoms with Crippen LogP contribution in [0.5, 0.6) is 0 Å². The highest BCUT2D eigenvalue weighted by atomic mass is 35.5. The summed E-state index contributed by atoms with van der Waals surface area (Å²) in [4.78, 5) is 21.7. The summed E-state index contributed by atoms with van der Waals surface area (Å²) >= 11 is 5.94. The second-order valence-electron chi connectivity index (χ2n) is 8.14. The molecule has 0 radical (unpaired) electrons. The van der Waals surface area contributed by atoms with Crippen LogP contribution in [-0.4, -0.2) is 35.4 Å². The lowest BCUT2D eigenvalue weighted by atomic mass is 10.1. The largest absolute Gasteiger partial charge is 0.310 e. The van der Waals surface area contributed by atoms with E-state index in [1.165, 1.54) is 11.9 Å². The number of halogens is 1.